The van der Waals surface area contributed by atoms with E-state index in [0.29, 0.717) is 13.0 Å². The lowest BCUT2D eigenvalue weighted by atomic mass is 9.95. The molecule has 1 aromatic heterocycles. The van der Waals surface area contributed by atoms with Gasteiger partial charge in [0.15, 0.2) is 0 Å². The van der Waals surface area contributed by atoms with E-state index < -0.39 is 35.8 Å². The van der Waals surface area contributed by atoms with E-state index in [1.807, 2.05) is 26.8 Å². The van der Waals surface area contributed by atoms with E-state index >= 15 is 0 Å². The molecule has 2 unspecified atom stereocenters. The van der Waals surface area contributed by atoms with E-state index in [1.54, 1.807) is 26.2 Å². The summed E-state index contributed by atoms with van der Waals surface area (Å²) in [4.78, 5) is 54.8. The van der Waals surface area contributed by atoms with Crippen LogP contribution in [0, 0.1) is 11.3 Å². The molecule has 0 bridgehead atoms. The smallest absolute Gasteiger partial charge is 0.407 e. The number of fused-ring (bicyclic) bond motifs is 1. The fraction of sp³-hybridized carbons (Fsp3) is 0.640. The van der Waals surface area contributed by atoms with Gasteiger partial charge in [0.25, 0.3) is 5.91 Å². The molecule has 9 heteroatoms. The van der Waals surface area contributed by atoms with E-state index in [-0.39, 0.29) is 24.4 Å². The molecule has 0 saturated heterocycles. The van der Waals surface area contributed by atoms with Crippen LogP contribution in [0.1, 0.15) is 65.0 Å². The Morgan fingerprint density at radius 2 is 1.91 bits per heavy atom. The Morgan fingerprint density at radius 1 is 1.18 bits per heavy atom. The number of carbonyl (C=O) groups excluding carboxylic acids is 4. The number of rotatable bonds is 5. The molecule has 1 aliphatic rings. The molecule has 2 rings (SSSR count). The summed E-state index contributed by atoms with van der Waals surface area (Å²) in [5.41, 5.74) is 1.94. The zero-order valence-electron chi connectivity index (χ0n) is 20.9. The number of pyridine rings is 1. The highest BCUT2D eigenvalue weighted by Gasteiger charge is 2.32. The summed E-state index contributed by atoms with van der Waals surface area (Å²) in [7, 11) is 0. The Kier molecular flexibility index (Phi) is 10.0. The van der Waals surface area contributed by atoms with E-state index in [0.717, 1.165) is 30.4 Å². The number of alkyl carbamates (subject to hydrolysis) is 1. The second-order valence-corrected chi connectivity index (χ2v) is 10.3. The third-order valence-electron chi connectivity index (χ3n) is 5.58. The van der Waals surface area contributed by atoms with Gasteiger partial charge in [0, 0.05) is 18.9 Å². The first-order valence-corrected chi connectivity index (χ1v) is 12.0. The van der Waals surface area contributed by atoms with Crippen molar-refractivity contribution in [3.05, 3.63) is 29.6 Å². The zero-order valence-corrected chi connectivity index (χ0v) is 20.9. The molecule has 0 spiro atoms. The molecule has 0 fully saturated rings. The van der Waals surface area contributed by atoms with Crippen LogP contribution < -0.4 is 16.0 Å². The van der Waals surface area contributed by atoms with E-state index in [9.17, 15) is 19.2 Å². The fourth-order valence-corrected chi connectivity index (χ4v) is 3.63. The maximum absolute atomic E-state index is 13.1. The number of ether oxygens (including phenoxy) is 1. The largest absolute Gasteiger partial charge is 0.449 e. The van der Waals surface area contributed by atoms with Crippen LogP contribution >= 0.6 is 0 Å². The van der Waals surface area contributed by atoms with E-state index in [4.69, 9.17) is 4.74 Å². The third kappa shape index (κ3) is 8.76. The van der Waals surface area contributed by atoms with Gasteiger partial charge in [-0.3, -0.25) is 19.4 Å². The zero-order chi connectivity index (χ0) is 25.3. The SMILES string of the molecule is CC(C)C(NC(=O)OCC(C)(C)C)C(=O)NC1CCc2cnccc2CCCCNC(=O)C1=O. The van der Waals surface area contributed by atoms with Gasteiger partial charge in [-0.1, -0.05) is 34.6 Å². The highest BCUT2D eigenvalue weighted by molar-refractivity contribution is 6.38. The first kappa shape index (κ1) is 27.3. The number of nitrogens with one attached hydrogen (secondary N) is 3. The summed E-state index contributed by atoms with van der Waals surface area (Å²) in [6.45, 7) is 9.95. The van der Waals surface area contributed by atoms with Crippen molar-refractivity contribution in [1.29, 1.82) is 0 Å². The van der Waals surface area contributed by atoms with Crippen molar-refractivity contribution in [2.45, 2.75) is 78.8 Å². The molecule has 1 aromatic rings. The van der Waals surface area contributed by atoms with Gasteiger partial charge >= 0.3 is 6.09 Å². The van der Waals surface area contributed by atoms with Gasteiger partial charge in [-0.25, -0.2) is 4.79 Å². The Morgan fingerprint density at radius 3 is 2.59 bits per heavy atom. The molecule has 1 aliphatic heterocycles. The van der Waals surface area contributed by atoms with Crippen LogP contribution in [-0.2, 0) is 32.0 Å². The number of aromatic nitrogens is 1. The minimum absolute atomic E-state index is 0.194. The second kappa shape index (κ2) is 12.5. The summed E-state index contributed by atoms with van der Waals surface area (Å²) in [5.74, 6) is -2.21. The third-order valence-corrected chi connectivity index (χ3v) is 5.58. The van der Waals surface area contributed by atoms with Gasteiger partial charge in [0.1, 0.15) is 6.04 Å². The topological polar surface area (TPSA) is 126 Å². The normalized spacial score (nSPS) is 18.6. The Labute approximate surface area is 201 Å². The van der Waals surface area contributed by atoms with E-state index in [2.05, 4.69) is 20.9 Å². The number of nitrogens with zero attached hydrogens (tertiary/aromatic N) is 1. The number of Topliss-reactive ketones (excluding diaryl/α,β-unsaturated/α-hetero) is 1. The molecule has 0 saturated carbocycles. The summed E-state index contributed by atoms with van der Waals surface area (Å²) in [5, 5.41) is 7.95. The molecule has 0 aliphatic carbocycles. The number of ketones is 1. The summed E-state index contributed by atoms with van der Waals surface area (Å²) < 4.78 is 5.23. The molecule has 3 amide bonds. The van der Waals surface area contributed by atoms with Gasteiger partial charge in [0.05, 0.1) is 12.6 Å². The van der Waals surface area contributed by atoms with Gasteiger partial charge in [0.2, 0.25) is 11.7 Å². The molecular formula is C25H38N4O5. The van der Waals surface area contributed by atoms with Gasteiger partial charge in [-0.05, 0) is 60.6 Å². The highest BCUT2D eigenvalue weighted by atomic mass is 16.5. The molecular weight excluding hydrogens is 436 g/mol. The first-order chi connectivity index (χ1) is 16.0. The Bertz CT molecular complexity index is 878. The van der Waals surface area contributed by atoms with Crippen LogP contribution in [0.3, 0.4) is 0 Å². The van der Waals surface area contributed by atoms with Crippen LogP contribution in [0.4, 0.5) is 4.79 Å². The van der Waals surface area contributed by atoms with Gasteiger partial charge in [-0.15, -0.1) is 0 Å². The highest BCUT2D eigenvalue weighted by Crippen LogP contribution is 2.16. The molecule has 34 heavy (non-hydrogen) atoms. The summed E-state index contributed by atoms with van der Waals surface area (Å²) in [6.07, 6.45) is 6.03. The van der Waals surface area contributed by atoms with Gasteiger partial charge in [-0.2, -0.15) is 0 Å². The Hall–Kier alpha value is -2.97. The number of amides is 3. The van der Waals surface area contributed by atoms with Crippen molar-refractivity contribution in [2.75, 3.05) is 13.2 Å². The van der Waals surface area contributed by atoms with Crippen LogP contribution in [0.15, 0.2) is 18.5 Å². The summed E-state index contributed by atoms with van der Waals surface area (Å²) >= 11 is 0. The molecule has 0 aromatic carbocycles. The van der Waals surface area contributed by atoms with Crippen molar-refractivity contribution in [3.8, 4) is 0 Å². The van der Waals surface area contributed by atoms with E-state index in [1.165, 1.54) is 0 Å². The van der Waals surface area contributed by atoms with Crippen molar-refractivity contribution in [2.24, 2.45) is 11.3 Å². The maximum Gasteiger partial charge on any atom is 0.407 e. The molecule has 188 valence electrons. The second-order valence-electron chi connectivity index (χ2n) is 10.3. The lowest BCUT2D eigenvalue weighted by Gasteiger charge is -2.26. The monoisotopic (exact) mass is 474 g/mol. The van der Waals surface area contributed by atoms with Crippen molar-refractivity contribution >= 4 is 23.7 Å². The van der Waals surface area contributed by atoms with Crippen molar-refractivity contribution < 1.29 is 23.9 Å². The average Bonchev–Trinajstić information content (AvgIpc) is 2.77. The predicted molar refractivity (Wildman–Crippen MR) is 128 cm³/mol. The van der Waals surface area contributed by atoms with Crippen LogP contribution in [0.2, 0.25) is 0 Å². The minimum Gasteiger partial charge on any atom is -0.449 e. The lowest BCUT2D eigenvalue weighted by Crippen LogP contribution is -2.55. The van der Waals surface area contributed by atoms with Gasteiger partial charge < -0.3 is 20.7 Å². The quantitative estimate of drug-likeness (QED) is 0.562. The number of hydrogen-bond acceptors (Lipinski definition) is 6. The fourth-order valence-electron chi connectivity index (χ4n) is 3.63. The Balaban J connectivity index is 2.15. The van der Waals surface area contributed by atoms with Crippen molar-refractivity contribution in [3.63, 3.8) is 0 Å². The number of hydrogen-bond donors (Lipinski definition) is 3. The van der Waals surface area contributed by atoms with Crippen LogP contribution in [0.25, 0.3) is 0 Å². The predicted octanol–water partition coefficient (Wildman–Crippen LogP) is 2.32. The number of aryl methyl sites for hydroxylation is 2. The lowest BCUT2D eigenvalue weighted by molar-refractivity contribution is -0.140. The molecule has 2 atom stereocenters. The molecule has 2 heterocycles. The number of carbonyl (C=O) groups is 4. The van der Waals surface area contributed by atoms with Crippen LogP contribution in [0.5, 0.6) is 0 Å². The first-order valence-electron chi connectivity index (χ1n) is 12.0. The summed E-state index contributed by atoms with van der Waals surface area (Å²) in [6, 6.07) is 0.0316. The maximum atomic E-state index is 13.1. The van der Waals surface area contributed by atoms with Crippen molar-refractivity contribution in [1.82, 2.24) is 20.9 Å². The average molecular weight is 475 g/mol. The standard InChI is InChI=1S/C25H38N4O5/c1-16(2)20(29-24(33)34-15-25(3,4)5)22(31)28-19-10-9-18-14-26-13-11-17(18)8-6-7-12-27-23(32)21(19)30/h11,13-14,16,19-20H,6-10,12,15H2,1-5H3,(H,27,32)(H,28,31)(H,29,33). The molecule has 0 radical (unpaired) electrons. The van der Waals surface area contributed by atoms with Crippen LogP contribution in [-0.4, -0.2) is 53.9 Å². The molecule has 3 N–H and O–H groups in total. The minimum atomic E-state index is -1.02. The molecule has 9 nitrogen and oxygen atoms in total.